The summed E-state index contributed by atoms with van der Waals surface area (Å²) in [6, 6.07) is 8.86. The summed E-state index contributed by atoms with van der Waals surface area (Å²) in [5.74, 6) is -1.19. The van der Waals surface area contributed by atoms with Crippen LogP contribution in [0.4, 0.5) is 0 Å². The summed E-state index contributed by atoms with van der Waals surface area (Å²) in [7, 11) is 1.38. The molecule has 7 nitrogen and oxygen atoms in total. The zero-order valence-corrected chi connectivity index (χ0v) is 19.2. The van der Waals surface area contributed by atoms with Crippen LogP contribution in [0.25, 0.3) is 0 Å². The molecule has 33 heavy (non-hydrogen) atoms. The summed E-state index contributed by atoms with van der Waals surface area (Å²) in [6.07, 6.45) is 9.54. The molecule has 1 unspecified atom stereocenters. The summed E-state index contributed by atoms with van der Waals surface area (Å²) >= 11 is 0. The van der Waals surface area contributed by atoms with Crippen LogP contribution in [0.5, 0.6) is 0 Å². The molecule has 0 amide bonds. The van der Waals surface area contributed by atoms with Crippen molar-refractivity contribution in [1.29, 1.82) is 0 Å². The van der Waals surface area contributed by atoms with Crippen molar-refractivity contribution in [3.8, 4) is 0 Å². The molecule has 1 saturated heterocycles. The van der Waals surface area contributed by atoms with Crippen LogP contribution in [-0.2, 0) is 28.5 Å². The van der Waals surface area contributed by atoms with Gasteiger partial charge in [0.1, 0.15) is 12.4 Å². The normalized spacial score (nSPS) is 27.4. The largest absolute Gasteiger partial charge is 0.469 e. The van der Waals surface area contributed by atoms with Crippen molar-refractivity contribution in [3.05, 3.63) is 48.0 Å². The van der Waals surface area contributed by atoms with Crippen LogP contribution in [-0.4, -0.2) is 50.4 Å². The van der Waals surface area contributed by atoms with E-state index in [2.05, 4.69) is 4.74 Å². The van der Waals surface area contributed by atoms with Crippen LogP contribution < -0.4 is 0 Å². The van der Waals surface area contributed by atoms with Gasteiger partial charge in [0.2, 0.25) is 0 Å². The molecule has 1 aliphatic carbocycles. The van der Waals surface area contributed by atoms with E-state index in [1.165, 1.54) is 7.11 Å². The van der Waals surface area contributed by atoms with Crippen molar-refractivity contribution in [2.45, 2.75) is 69.9 Å². The van der Waals surface area contributed by atoms with Crippen LogP contribution >= 0.6 is 0 Å². The standard InChI is InChI=1S/C26H34O7/c1-30-24(28)14-8-3-2-7-13-20-21(18-27)23(32-25-15-9-10-16-31-25)17-22(20)33-26(29)19-11-5-4-6-12-19/h2,4-7,11-12,18,20-23,25H,3,8-10,13-17H2,1H3/b7-2-/t20-,21+,22+,23+,25?/m0/s1. The van der Waals surface area contributed by atoms with E-state index in [9.17, 15) is 14.4 Å². The lowest BCUT2D eigenvalue weighted by atomic mass is 9.91. The molecule has 1 aromatic carbocycles. The Kier molecular flexibility index (Phi) is 10.1. The maximum atomic E-state index is 12.7. The lowest BCUT2D eigenvalue weighted by Crippen LogP contribution is -2.32. The molecule has 0 radical (unpaired) electrons. The van der Waals surface area contributed by atoms with Crippen molar-refractivity contribution >= 4 is 18.2 Å². The number of rotatable bonds is 11. The third kappa shape index (κ3) is 7.51. The molecule has 0 bridgehead atoms. The quantitative estimate of drug-likeness (QED) is 0.212. The summed E-state index contributed by atoms with van der Waals surface area (Å²) in [6.45, 7) is 0.660. The highest BCUT2D eigenvalue weighted by Crippen LogP contribution is 2.39. The molecule has 3 rings (SSSR count). The fourth-order valence-corrected chi connectivity index (χ4v) is 4.49. The predicted molar refractivity (Wildman–Crippen MR) is 121 cm³/mol. The Morgan fingerprint density at radius 3 is 2.64 bits per heavy atom. The molecule has 2 aliphatic rings. The van der Waals surface area contributed by atoms with Gasteiger partial charge in [0, 0.05) is 31.3 Å². The average Bonchev–Trinajstić information content (AvgIpc) is 3.17. The number of esters is 2. The summed E-state index contributed by atoms with van der Waals surface area (Å²) < 4.78 is 22.4. The van der Waals surface area contributed by atoms with Gasteiger partial charge in [0.25, 0.3) is 0 Å². The van der Waals surface area contributed by atoms with Crippen molar-refractivity contribution in [1.82, 2.24) is 0 Å². The monoisotopic (exact) mass is 458 g/mol. The molecule has 1 aliphatic heterocycles. The van der Waals surface area contributed by atoms with E-state index in [-0.39, 0.29) is 30.2 Å². The van der Waals surface area contributed by atoms with Crippen molar-refractivity contribution in [2.24, 2.45) is 11.8 Å². The SMILES string of the molecule is COC(=O)CCC/C=C\C[C@H]1[C@@H](C=O)[C@H](OC2CCCCO2)C[C@H]1OC(=O)c1ccccc1. The predicted octanol–water partition coefficient (Wildman–Crippen LogP) is 4.25. The topological polar surface area (TPSA) is 88.1 Å². The van der Waals surface area contributed by atoms with Gasteiger partial charge >= 0.3 is 11.9 Å². The smallest absolute Gasteiger partial charge is 0.338 e. The number of unbranched alkanes of at least 4 members (excludes halogenated alkanes) is 1. The van der Waals surface area contributed by atoms with Crippen molar-refractivity contribution < 1.29 is 33.3 Å². The molecule has 1 aromatic rings. The average molecular weight is 459 g/mol. The van der Waals surface area contributed by atoms with Crippen LogP contribution in [0.15, 0.2) is 42.5 Å². The van der Waals surface area contributed by atoms with E-state index in [4.69, 9.17) is 14.2 Å². The van der Waals surface area contributed by atoms with E-state index in [0.29, 0.717) is 37.9 Å². The highest BCUT2D eigenvalue weighted by molar-refractivity contribution is 5.89. The molecule has 0 spiro atoms. The van der Waals surface area contributed by atoms with Crippen LogP contribution in [0.2, 0.25) is 0 Å². The summed E-state index contributed by atoms with van der Waals surface area (Å²) in [5, 5.41) is 0. The first-order valence-corrected chi connectivity index (χ1v) is 11.8. The first-order chi connectivity index (χ1) is 16.1. The van der Waals surface area contributed by atoms with Crippen molar-refractivity contribution in [3.63, 3.8) is 0 Å². The minimum absolute atomic E-state index is 0.180. The number of methoxy groups -OCH3 is 1. The fourth-order valence-electron chi connectivity index (χ4n) is 4.49. The Balaban J connectivity index is 1.64. The Labute approximate surface area is 195 Å². The molecular weight excluding hydrogens is 424 g/mol. The molecule has 5 atom stereocenters. The Morgan fingerprint density at radius 1 is 1.12 bits per heavy atom. The van der Waals surface area contributed by atoms with Gasteiger partial charge in [0.15, 0.2) is 6.29 Å². The molecular formula is C26H34O7. The zero-order chi connectivity index (χ0) is 23.5. The van der Waals surface area contributed by atoms with Crippen LogP contribution in [0.3, 0.4) is 0 Å². The minimum atomic E-state index is -0.429. The maximum absolute atomic E-state index is 12.7. The number of allylic oxidation sites excluding steroid dienone is 2. The number of hydrogen-bond donors (Lipinski definition) is 0. The first kappa shape index (κ1) is 25.1. The van der Waals surface area contributed by atoms with Gasteiger partial charge in [-0.2, -0.15) is 0 Å². The molecule has 1 saturated carbocycles. The number of benzene rings is 1. The molecule has 1 heterocycles. The third-order valence-corrected chi connectivity index (χ3v) is 6.31. The van der Waals surface area contributed by atoms with Gasteiger partial charge in [-0.15, -0.1) is 0 Å². The summed E-state index contributed by atoms with van der Waals surface area (Å²) in [5.41, 5.74) is 0.484. The Hall–Kier alpha value is -2.51. The maximum Gasteiger partial charge on any atom is 0.338 e. The molecule has 7 heteroatoms. The van der Waals surface area contributed by atoms with E-state index < -0.39 is 12.1 Å². The van der Waals surface area contributed by atoms with E-state index in [0.717, 1.165) is 32.0 Å². The third-order valence-electron chi connectivity index (χ3n) is 6.31. The number of carbonyl (C=O) groups excluding carboxylic acids is 3. The van der Waals surface area contributed by atoms with Gasteiger partial charge in [-0.05, 0) is 50.7 Å². The van der Waals surface area contributed by atoms with Crippen LogP contribution in [0, 0.1) is 11.8 Å². The van der Waals surface area contributed by atoms with Gasteiger partial charge in [-0.1, -0.05) is 30.4 Å². The minimum Gasteiger partial charge on any atom is -0.469 e. The summed E-state index contributed by atoms with van der Waals surface area (Å²) in [4.78, 5) is 36.0. The zero-order valence-electron chi connectivity index (χ0n) is 19.2. The lowest BCUT2D eigenvalue weighted by molar-refractivity contribution is -0.194. The van der Waals surface area contributed by atoms with E-state index >= 15 is 0 Å². The lowest BCUT2D eigenvalue weighted by Gasteiger charge is -2.27. The molecule has 0 aromatic heterocycles. The van der Waals surface area contributed by atoms with E-state index in [1.807, 2.05) is 18.2 Å². The van der Waals surface area contributed by atoms with Gasteiger partial charge in [-0.25, -0.2) is 4.79 Å². The van der Waals surface area contributed by atoms with Crippen LogP contribution in [0.1, 0.15) is 61.7 Å². The number of hydrogen-bond acceptors (Lipinski definition) is 7. The second kappa shape index (κ2) is 13.3. The Bertz CT molecular complexity index is 785. The second-order valence-corrected chi connectivity index (χ2v) is 8.57. The molecule has 180 valence electrons. The molecule has 0 N–H and O–H groups in total. The van der Waals surface area contributed by atoms with Gasteiger partial charge < -0.3 is 23.7 Å². The number of aldehydes is 1. The number of carbonyl (C=O) groups is 3. The highest BCUT2D eigenvalue weighted by Gasteiger charge is 2.46. The van der Waals surface area contributed by atoms with Crippen molar-refractivity contribution in [2.75, 3.05) is 13.7 Å². The highest BCUT2D eigenvalue weighted by atomic mass is 16.7. The first-order valence-electron chi connectivity index (χ1n) is 11.8. The molecule has 2 fully saturated rings. The van der Waals surface area contributed by atoms with Gasteiger partial charge in [0.05, 0.1) is 18.8 Å². The van der Waals surface area contributed by atoms with E-state index in [1.54, 1.807) is 24.3 Å². The number of ether oxygens (including phenoxy) is 4. The fraction of sp³-hybridized carbons (Fsp3) is 0.577. The van der Waals surface area contributed by atoms with Gasteiger partial charge in [-0.3, -0.25) is 4.79 Å². The Morgan fingerprint density at radius 2 is 1.94 bits per heavy atom. The second-order valence-electron chi connectivity index (χ2n) is 8.57.